The minimum atomic E-state index is 0.383. The van der Waals surface area contributed by atoms with Crippen molar-refractivity contribution in [3.05, 3.63) is 28.0 Å². The zero-order valence-electron chi connectivity index (χ0n) is 8.20. The summed E-state index contributed by atoms with van der Waals surface area (Å²) in [7, 11) is 1.65. The van der Waals surface area contributed by atoms with Crippen LogP contribution < -0.4 is 4.74 Å². The quantitative estimate of drug-likeness (QED) is 0.800. The highest BCUT2D eigenvalue weighted by Gasteiger charge is 2.06. The van der Waals surface area contributed by atoms with Crippen LogP contribution in [0.4, 0.5) is 0 Å². The van der Waals surface area contributed by atoms with Gasteiger partial charge in [0.1, 0.15) is 12.3 Å². The molecule has 76 valence electrons. The van der Waals surface area contributed by atoms with Crippen LogP contribution in [0.5, 0.6) is 5.75 Å². The van der Waals surface area contributed by atoms with Gasteiger partial charge in [0.2, 0.25) is 0 Å². The van der Waals surface area contributed by atoms with Crippen LogP contribution in [0.2, 0.25) is 0 Å². The summed E-state index contributed by atoms with van der Waals surface area (Å²) >= 11 is 2.23. The predicted molar refractivity (Wildman–Crippen MR) is 66.8 cm³/mol. The molecule has 1 aromatic heterocycles. The van der Waals surface area contributed by atoms with Gasteiger partial charge in [-0.25, -0.2) is 0 Å². The molecule has 0 amide bonds. The lowest BCUT2D eigenvalue weighted by Crippen LogP contribution is -1.96. The number of hydrogen-bond donors (Lipinski definition) is 0. The average Bonchev–Trinajstić information content (AvgIpc) is 2.55. The van der Waals surface area contributed by atoms with Gasteiger partial charge in [-0.3, -0.25) is 0 Å². The van der Waals surface area contributed by atoms with Crippen LogP contribution in [0, 0.1) is 15.0 Å². The van der Waals surface area contributed by atoms with Gasteiger partial charge in [0.15, 0.2) is 0 Å². The molecule has 3 nitrogen and oxygen atoms in total. The normalized spacial score (nSPS) is 10.2. The molecule has 1 heterocycles. The number of nitriles is 1. The molecule has 0 bridgehead atoms. The van der Waals surface area contributed by atoms with Crippen LogP contribution in [0.1, 0.15) is 0 Å². The summed E-state index contributed by atoms with van der Waals surface area (Å²) in [6.07, 6.45) is 0. The molecule has 0 radical (unpaired) electrons. The predicted octanol–water partition coefficient (Wildman–Crippen LogP) is 2.78. The molecule has 4 heteroatoms. The largest absolute Gasteiger partial charge is 0.497 e. The highest BCUT2D eigenvalue weighted by molar-refractivity contribution is 14.1. The van der Waals surface area contributed by atoms with Crippen molar-refractivity contribution in [3.63, 3.8) is 0 Å². The monoisotopic (exact) mass is 312 g/mol. The molecule has 15 heavy (non-hydrogen) atoms. The summed E-state index contributed by atoms with van der Waals surface area (Å²) in [6.45, 7) is 0.383. The highest BCUT2D eigenvalue weighted by Crippen LogP contribution is 2.25. The Labute approximate surface area is 101 Å². The maximum Gasteiger partial charge on any atom is 0.119 e. The van der Waals surface area contributed by atoms with Crippen molar-refractivity contribution >= 4 is 33.5 Å². The second-order valence-corrected chi connectivity index (χ2v) is 4.24. The summed E-state index contributed by atoms with van der Waals surface area (Å²) in [5.41, 5.74) is 1.07. The molecule has 1 aromatic carbocycles. The van der Waals surface area contributed by atoms with Gasteiger partial charge < -0.3 is 9.30 Å². The van der Waals surface area contributed by atoms with Crippen molar-refractivity contribution in [3.8, 4) is 11.8 Å². The van der Waals surface area contributed by atoms with Gasteiger partial charge in [0.25, 0.3) is 0 Å². The lowest BCUT2D eigenvalue weighted by molar-refractivity contribution is 0.415. The first-order valence-electron chi connectivity index (χ1n) is 4.46. The van der Waals surface area contributed by atoms with Gasteiger partial charge in [-0.05, 0) is 46.9 Å². The number of aromatic nitrogens is 1. The fourth-order valence-electron chi connectivity index (χ4n) is 1.57. The Morgan fingerprint density at radius 2 is 2.27 bits per heavy atom. The molecule has 0 fully saturated rings. The molecule has 0 N–H and O–H groups in total. The lowest BCUT2D eigenvalue weighted by Gasteiger charge is -2.02. The van der Waals surface area contributed by atoms with Gasteiger partial charge in [0, 0.05) is 5.39 Å². The van der Waals surface area contributed by atoms with Gasteiger partial charge in [-0.1, -0.05) is 0 Å². The van der Waals surface area contributed by atoms with Crippen molar-refractivity contribution in [2.24, 2.45) is 0 Å². The van der Waals surface area contributed by atoms with Crippen molar-refractivity contribution in [2.75, 3.05) is 7.11 Å². The van der Waals surface area contributed by atoms with Crippen LogP contribution in [0.3, 0.4) is 0 Å². The number of hydrogen-bond acceptors (Lipinski definition) is 2. The molecule has 0 saturated carbocycles. The number of halogens is 1. The second kappa shape index (κ2) is 4.11. The molecule has 0 aliphatic rings. The Bertz CT molecular complexity index is 539. The van der Waals surface area contributed by atoms with E-state index < -0.39 is 0 Å². The van der Waals surface area contributed by atoms with Crippen LogP contribution in [-0.4, -0.2) is 11.7 Å². The molecule has 0 aliphatic heterocycles. The molecule has 0 saturated heterocycles. The summed E-state index contributed by atoms with van der Waals surface area (Å²) in [6, 6.07) is 10.1. The Balaban J connectivity index is 2.64. The Morgan fingerprint density at radius 1 is 1.47 bits per heavy atom. The van der Waals surface area contributed by atoms with Crippen molar-refractivity contribution < 1.29 is 4.74 Å². The number of ether oxygens (including phenoxy) is 1. The Kier molecular flexibility index (Phi) is 2.82. The summed E-state index contributed by atoms with van der Waals surface area (Å²) in [5.74, 6) is 0.841. The van der Waals surface area contributed by atoms with E-state index in [0.717, 1.165) is 20.4 Å². The van der Waals surface area contributed by atoms with E-state index in [0.29, 0.717) is 6.54 Å². The van der Waals surface area contributed by atoms with Gasteiger partial charge >= 0.3 is 0 Å². The Morgan fingerprint density at radius 3 is 2.93 bits per heavy atom. The van der Waals surface area contributed by atoms with Crippen molar-refractivity contribution in [2.45, 2.75) is 6.54 Å². The fraction of sp³-hybridized carbons (Fsp3) is 0.182. The maximum absolute atomic E-state index is 8.72. The molecule has 0 spiro atoms. The van der Waals surface area contributed by atoms with E-state index in [1.807, 2.05) is 22.8 Å². The minimum absolute atomic E-state index is 0.383. The molecule has 0 unspecified atom stereocenters. The van der Waals surface area contributed by atoms with Crippen LogP contribution >= 0.6 is 22.6 Å². The fourth-order valence-corrected chi connectivity index (χ4v) is 2.34. The standard InChI is InChI=1S/C11H9IN2O/c1-15-9-2-3-10-8(6-9)7-11(12)14(10)5-4-13/h2-3,6-7H,5H2,1H3. The molecule has 2 rings (SSSR count). The van der Waals surface area contributed by atoms with E-state index in [2.05, 4.69) is 34.7 Å². The zero-order valence-corrected chi connectivity index (χ0v) is 10.4. The maximum atomic E-state index is 8.72. The molecule has 0 aliphatic carbocycles. The van der Waals surface area contributed by atoms with Crippen molar-refractivity contribution in [1.82, 2.24) is 4.57 Å². The first kappa shape index (κ1) is 10.3. The highest BCUT2D eigenvalue weighted by atomic mass is 127. The number of methoxy groups -OCH3 is 1. The van der Waals surface area contributed by atoms with Crippen LogP contribution in [0.15, 0.2) is 24.3 Å². The van der Waals surface area contributed by atoms with E-state index >= 15 is 0 Å². The smallest absolute Gasteiger partial charge is 0.119 e. The van der Waals surface area contributed by atoms with Crippen LogP contribution in [0.25, 0.3) is 10.9 Å². The Hall–Kier alpha value is -1.22. The number of fused-ring (bicyclic) bond motifs is 1. The van der Waals surface area contributed by atoms with E-state index in [4.69, 9.17) is 10.00 Å². The van der Waals surface area contributed by atoms with E-state index in [1.165, 1.54) is 0 Å². The number of rotatable bonds is 2. The summed E-state index contributed by atoms with van der Waals surface area (Å²) in [5, 5.41) is 9.83. The van der Waals surface area contributed by atoms with E-state index in [9.17, 15) is 0 Å². The number of nitrogens with zero attached hydrogens (tertiary/aromatic N) is 2. The third kappa shape index (κ3) is 1.79. The first-order valence-corrected chi connectivity index (χ1v) is 5.54. The third-order valence-corrected chi connectivity index (χ3v) is 3.18. The van der Waals surface area contributed by atoms with Crippen LogP contribution in [-0.2, 0) is 6.54 Å². The lowest BCUT2D eigenvalue weighted by atomic mass is 10.2. The average molecular weight is 312 g/mol. The van der Waals surface area contributed by atoms with Crippen molar-refractivity contribution in [1.29, 1.82) is 5.26 Å². The van der Waals surface area contributed by atoms with Gasteiger partial charge in [-0.15, -0.1) is 0 Å². The molecular formula is C11H9IN2O. The van der Waals surface area contributed by atoms with Gasteiger partial charge in [0.05, 0.1) is 22.4 Å². The molecular weight excluding hydrogens is 303 g/mol. The SMILES string of the molecule is COc1ccc2c(c1)cc(I)n2CC#N. The topological polar surface area (TPSA) is 38.0 Å². The van der Waals surface area contributed by atoms with Gasteiger partial charge in [-0.2, -0.15) is 5.26 Å². The zero-order chi connectivity index (χ0) is 10.8. The van der Waals surface area contributed by atoms with E-state index in [1.54, 1.807) is 7.11 Å². The summed E-state index contributed by atoms with van der Waals surface area (Å²) in [4.78, 5) is 0. The number of benzene rings is 1. The second-order valence-electron chi connectivity index (χ2n) is 3.14. The van der Waals surface area contributed by atoms with E-state index in [-0.39, 0.29) is 0 Å². The molecule has 2 aromatic rings. The first-order chi connectivity index (χ1) is 7.26. The third-order valence-electron chi connectivity index (χ3n) is 2.29. The minimum Gasteiger partial charge on any atom is -0.497 e. The molecule has 0 atom stereocenters. The summed E-state index contributed by atoms with van der Waals surface area (Å²) < 4.78 is 8.20.